The van der Waals surface area contributed by atoms with Gasteiger partial charge in [0.2, 0.25) is 5.91 Å². The highest BCUT2D eigenvalue weighted by Crippen LogP contribution is 2.32. The van der Waals surface area contributed by atoms with Crippen LogP contribution in [0, 0.1) is 0 Å². The molecule has 2 aromatic carbocycles. The first kappa shape index (κ1) is 17.8. The van der Waals surface area contributed by atoms with E-state index in [1.54, 1.807) is 18.4 Å². The molecule has 0 bridgehead atoms. The Morgan fingerprint density at radius 3 is 2.70 bits per heavy atom. The van der Waals surface area contributed by atoms with Crippen LogP contribution < -0.4 is 9.47 Å². The minimum atomic E-state index is 0.105. The molecule has 140 valence electrons. The number of likely N-dealkylation sites (tertiary alicyclic amines) is 1. The summed E-state index contributed by atoms with van der Waals surface area (Å²) in [6.45, 7) is 1.46. The second-order valence-corrected chi connectivity index (χ2v) is 7.67. The number of piperidine rings is 1. The Morgan fingerprint density at radius 2 is 1.96 bits per heavy atom. The topological polar surface area (TPSA) is 51.7 Å². The van der Waals surface area contributed by atoms with E-state index in [9.17, 15) is 4.79 Å². The third kappa shape index (κ3) is 4.22. The van der Waals surface area contributed by atoms with Gasteiger partial charge in [-0.15, -0.1) is 0 Å². The Labute approximate surface area is 162 Å². The molecule has 3 aromatic rings. The molecule has 1 fully saturated rings. The second kappa shape index (κ2) is 7.96. The standard InChI is InChI=1S/C21H22N2O3S/c1-25-17-7-8-19-18(14-17)22-21(27-19)26-16-9-11-23(12-10-16)20(24)13-15-5-3-2-4-6-15/h2-8,14,16H,9-13H2,1H3. The number of ether oxygens (including phenoxy) is 2. The van der Waals surface area contributed by atoms with Crippen molar-refractivity contribution in [2.75, 3.05) is 20.2 Å². The SMILES string of the molecule is COc1ccc2sc(OC3CCN(C(=O)Cc4ccccc4)CC3)nc2c1. The smallest absolute Gasteiger partial charge is 0.274 e. The van der Waals surface area contributed by atoms with Gasteiger partial charge in [-0.2, -0.15) is 0 Å². The quantitative estimate of drug-likeness (QED) is 0.671. The van der Waals surface area contributed by atoms with E-state index in [1.165, 1.54) is 0 Å². The number of thiazole rings is 1. The zero-order chi connectivity index (χ0) is 18.6. The van der Waals surface area contributed by atoms with E-state index in [-0.39, 0.29) is 12.0 Å². The third-order valence-electron chi connectivity index (χ3n) is 4.84. The number of carbonyl (C=O) groups excluding carboxylic acids is 1. The van der Waals surface area contributed by atoms with Gasteiger partial charge in [0, 0.05) is 32.0 Å². The molecule has 27 heavy (non-hydrogen) atoms. The van der Waals surface area contributed by atoms with Gasteiger partial charge < -0.3 is 14.4 Å². The van der Waals surface area contributed by atoms with Crippen molar-refractivity contribution < 1.29 is 14.3 Å². The molecule has 0 saturated carbocycles. The van der Waals surface area contributed by atoms with Crippen molar-refractivity contribution >= 4 is 27.5 Å². The van der Waals surface area contributed by atoms with E-state index < -0.39 is 0 Å². The Hall–Kier alpha value is -2.60. The summed E-state index contributed by atoms with van der Waals surface area (Å²) in [4.78, 5) is 19.0. The average molecular weight is 382 g/mol. The van der Waals surface area contributed by atoms with E-state index in [4.69, 9.17) is 9.47 Å². The molecule has 5 nitrogen and oxygen atoms in total. The van der Waals surface area contributed by atoms with Gasteiger partial charge >= 0.3 is 0 Å². The van der Waals surface area contributed by atoms with E-state index >= 15 is 0 Å². The molecule has 0 spiro atoms. The number of benzene rings is 2. The molecule has 1 aliphatic heterocycles. The van der Waals surface area contributed by atoms with Crippen LogP contribution >= 0.6 is 11.3 Å². The van der Waals surface area contributed by atoms with Crippen LogP contribution in [0.1, 0.15) is 18.4 Å². The first-order chi connectivity index (χ1) is 13.2. The summed E-state index contributed by atoms with van der Waals surface area (Å²) in [7, 11) is 1.65. The Bertz CT molecular complexity index is 918. The van der Waals surface area contributed by atoms with Crippen LogP contribution in [-0.2, 0) is 11.2 Å². The number of fused-ring (bicyclic) bond motifs is 1. The van der Waals surface area contributed by atoms with Crippen LogP contribution in [0.2, 0.25) is 0 Å². The molecule has 1 aromatic heterocycles. The number of hydrogen-bond acceptors (Lipinski definition) is 5. The minimum absolute atomic E-state index is 0.105. The fourth-order valence-corrected chi connectivity index (χ4v) is 4.17. The number of hydrogen-bond donors (Lipinski definition) is 0. The van der Waals surface area contributed by atoms with Gasteiger partial charge in [-0.25, -0.2) is 4.98 Å². The number of carbonyl (C=O) groups is 1. The van der Waals surface area contributed by atoms with Gasteiger partial charge in [0.1, 0.15) is 11.9 Å². The Morgan fingerprint density at radius 1 is 1.19 bits per heavy atom. The molecule has 0 unspecified atom stereocenters. The van der Waals surface area contributed by atoms with Crippen molar-refractivity contribution in [3.63, 3.8) is 0 Å². The zero-order valence-corrected chi connectivity index (χ0v) is 16.1. The van der Waals surface area contributed by atoms with Crippen molar-refractivity contribution in [1.82, 2.24) is 9.88 Å². The first-order valence-electron chi connectivity index (χ1n) is 9.14. The lowest BCUT2D eigenvalue weighted by Crippen LogP contribution is -2.42. The van der Waals surface area contributed by atoms with Gasteiger partial charge in [0.15, 0.2) is 0 Å². The van der Waals surface area contributed by atoms with Crippen molar-refractivity contribution in [3.8, 4) is 10.9 Å². The lowest BCUT2D eigenvalue weighted by Gasteiger charge is -2.31. The van der Waals surface area contributed by atoms with Crippen molar-refractivity contribution in [3.05, 3.63) is 54.1 Å². The highest BCUT2D eigenvalue weighted by Gasteiger charge is 2.24. The van der Waals surface area contributed by atoms with Gasteiger partial charge in [0.05, 0.1) is 23.7 Å². The molecular weight excluding hydrogens is 360 g/mol. The largest absolute Gasteiger partial charge is 0.497 e. The number of methoxy groups -OCH3 is 1. The lowest BCUT2D eigenvalue weighted by molar-refractivity contribution is -0.132. The van der Waals surface area contributed by atoms with Crippen molar-refractivity contribution in [1.29, 1.82) is 0 Å². The highest BCUT2D eigenvalue weighted by molar-refractivity contribution is 7.20. The predicted octanol–water partition coefficient (Wildman–Crippen LogP) is 3.92. The van der Waals surface area contributed by atoms with E-state index in [0.717, 1.165) is 47.5 Å². The third-order valence-corrected chi connectivity index (χ3v) is 5.76. The van der Waals surface area contributed by atoms with Crippen molar-refractivity contribution in [2.45, 2.75) is 25.4 Å². The molecule has 2 heterocycles. The Balaban J connectivity index is 1.32. The summed E-state index contributed by atoms with van der Waals surface area (Å²) in [5, 5.41) is 0.687. The molecule has 1 aliphatic rings. The second-order valence-electron chi connectivity index (χ2n) is 6.67. The van der Waals surface area contributed by atoms with Gasteiger partial charge in [-0.1, -0.05) is 41.7 Å². The summed E-state index contributed by atoms with van der Waals surface area (Å²) in [6, 6.07) is 15.8. The van der Waals surface area contributed by atoms with Crippen LogP contribution in [0.15, 0.2) is 48.5 Å². The molecule has 0 N–H and O–H groups in total. The maximum atomic E-state index is 12.5. The number of aromatic nitrogens is 1. The summed E-state index contributed by atoms with van der Waals surface area (Å²) >= 11 is 1.55. The van der Waals surface area contributed by atoms with Gasteiger partial charge in [-0.3, -0.25) is 4.79 Å². The normalized spacial score (nSPS) is 15.1. The van der Waals surface area contributed by atoms with E-state index in [0.29, 0.717) is 11.6 Å². The lowest BCUT2D eigenvalue weighted by atomic mass is 10.1. The monoisotopic (exact) mass is 382 g/mol. The summed E-state index contributed by atoms with van der Waals surface area (Å²) in [6.07, 6.45) is 2.24. The van der Waals surface area contributed by atoms with Gasteiger partial charge in [0.25, 0.3) is 5.19 Å². The maximum Gasteiger partial charge on any atom is 0.274 e. The fourth-order valence-electron chi connectivity index (χ4n) is 3.31. The molecule has 1 amide bonds. The maximum absolute atomic E-state index is 12.5. The van der Waals surface area contributed by atoms with E-state index in [1.807, 2.05) is 53.4 Å². The Kier molecular flexibility index (Phi) is 5.25. The van der Waals surface area contributed by atoms with Crippen molar-refractivity contribution in [2.24, 2.45) is 0 Å². The number of nitrogens with zero attached hydrogens (tertiary/aromatic N) is 2. The molecular formula is C21H22N2O3S. The summed E-state index contributed by atoms with van der Waals surface area (Å²) in [5.41, 5.74) is 1.95. The summed E-state index contributed by atoms with van der Waals surface area (Å²) < 4.78 is 12.4. The van der Waals surface area contributed by atoms with Gasteiger partial charge in [-0.05, 0) is 17.7 Å². The molecule has 6 heteroatoms. The predicted molar refractivity (Wildman–Crippen MR) is 107 cm³/mol. The van der Waals surface area contributed by atoms with Crippen LogP contribution in [0.5, 0.6) is 10.9 Å². The number of amides is 1. The first-order valence-corrected chi connectivity index (χ1v) is 9.96. The molecule has 0 radical (unpaired) electrons. The number of rotatable bonds is 5. The van der Waals surface area contributed by atoms with Crippen LogP contribution in [0.25, 0.3) is 10.2 Å². The molecule has 0 aliphatic carbocycles. The van der Waals surface area contributed by atoms with Crippen LogP contribution in [0.3, 0.4) is 0 Å². The van der Waals surface area contributed by atoms with E-state index in [2.05, 4.69) is 4.98 Å². The highest BCUT2D eigenvalue weighted by atomic mass is 32.1. The zero-order valence-electron chi connectivity index (χ0n) is 15.3. The minimum Gasteiger partial charge on any atom is -0.497 e. The summed E-state index contributed by atoms with van der Waals surface area (Å²) in [5.74, 6) is 0.983. The molecule has 4 rings (SSSR count). The molecule has 0 atom stereocenters. The molecule has 1 saturated heterocycles. The average Bonchev–Trinajstić information content (AvgIpc) is 3.10. The fraction of sp³-hybridized carbons (Fsp3) is 0.333. The van der Waals surface area contributed by atoms with Crippen LogP contribution in [-0.4, -0.2) is 42.1 Å². The van der Waals surface area contributed by atoms with Crippen LogP contribution in [0.4, 0.5) is 0 Å².